The molecular weight excluding hydrogens is 406 g/mol. The number of hydrogen-bond donors (Lipinski definition) is 4. The molecule has 0 aromatic heterocycles. The van der Waals surface area contributed by atoms with Crippen molar-refractivity contribution in [2.24, 2.45) is 5.92 Å². The molecule has 7 nitrogen and oxygen atoms in total. The van der Waals surface area contributed by atoms with Crippen molar-refractivity contribution in [3.05, 3.63) is 29.8 Å². The lowest BCUT2D eigenvalue weighted by molar-refractivity contribution is -0.134. The number of likely N-dealkylation sites (N-methyl/N-ethyl adjacent to an activating group) is 1. The monoisotopic (exact) mass is 441 g/mol. The van der Waals surface area contributed by atoms with Crippen LogP contribution in [0.5, 0.6) is 11.5 Å². The molecule has 30 heavy (non-hydrogen) atoms. The van der Waals surface area contributed by atoms with E-state index in [2.05, 4.69) is 26.1 Å². The van der Waals surface area contributed by atoms with Gasteiger partial charge >= 0.3 is 11.9 Å². The number of phenolic OH excluding ortho intramolecular Hbond substituents is 1. The van der Waals surface area contributed by atoms with Crippen LogP contribution in [0.4, 0.5) is 0 Å². The number of hydrogen-bond acceptors (Lipinski definition) is 6. The summed E-state index contributed by atoms with van der Waals surface area (Å²) in [7, 11) is 3.65. The summed E-state index contributed by atoms with van der Waals surface area (Å²) in [6, 6.07) is 3.88. The summed E-state index contributed by atoms with van der Waals surface area (Å²) in [4.78, 5) is 20.1. The number of aliphatic carboxylic acids is 2. The molecular formula is C22H35NO6S. The fourth-order valence-corrected chi connectivity index (χ4v) is 3.78. The maximum atomic E-state index is 10.5. The molecule has 1 atom stereocenters. The van der Waals surface area contributed by atoms with E-state index in [1.165, 1.54) is 19.3 Å². The van der Waals surface area contributed by atoms with Crippen molar-refractivity contribution in [3.8, 4) is 11.5 Å². The minimum Gasteiger partial charge on any atom is -0.508 e. The molecule has 0 heterocycles. The van der Waals surface area contributed by atoms with E-state index in [4.69, 9.17) is 14.9 Å². The van der Waals surface area contributed by atoms with Gasteiger partial charge in [-0.2, -0.15) is 0 Å². The molecule has 1 rings (SSSR count). The number of methoxy groups -OCH3 is 1. The van der Waals surface area contributed by atoms with Crippen LogP contribution in [0.3, 0.4) is 0 Å². The molecule has 0 aliphatic carbocycles. The molecule has 4 N–H and O–H groups in total. The normalized spacial score (nSPS) is 11.8. The highest BCUT2D eigenvalue weighted by molar-refractivity contribution is 7.99. The lowest BCUT2D eigenvalue weighted by Crippen LogP contribution is -2.21. The zero-order valence-corrected chi connectivity index (χ0v) is 19.3. The maximum Gasteiger partial charge on any atom is 0.328 e. The van der Waals surface area contributed by atoms with E-state index in [9.17, 15) is 14.7 Å². The summed E-state index contributed by atoms with van der Waals surface area (Å²) in [5, 5.41) is 29.3. The second-order valence-electron chi connectivity index (χ2n) is 7.04. The Bertz CT molecular complexity index is 674. The highest BCUT2D eigenvalue weighted by Gasteiger charge is 2.21. The molecule has 8 heteroatoms. The van der Waals surface area contributed by atoms with Crippen LogP contribution in [0.15, 0.2) is 29.2 Å². The van der Waals surface area contributed by atoms with Gasteiger partial charge in [0.15, 0.2) is 0 Å². The van der Waals surface area contributed by atoms with Gasteiger partial charge in [0.25, 0.3) is 0 Å². The number of aromatic hydroxyl groups is 1. The van der Waals surface area contributed by atoms with E-state index in [0.29, 0.717) is 23.8 Å². The standard InChI is InChI=1S/C18H31NO2S.C4H4O4/c1-6-7-8-9-22-18-11-16(20)14(10-17(18)21-5)15(12-19-4)13(2)3;5-3(6)1-2-4(7)8/h10-11,13,15,19-20H,6-9,12H2,1-5H3;1-2H,(H,5,6)(H,7,8)/b;2-1+. The minimum absolute atomic E-state index is 0.276. The van der Waals surface area contributed by atoms with E-state index in [1.807, 2.05) is 19.2 Å². The Labute approximate surface area is 183 Å². The van der Waals surface area contributed by atoms with Gasteiger partial charge in [-0.3, -0.25) is 0 Å². The molecule has 1 unspecified atom stereocenters. The van der Waals surface area contributed by atoms with Crippen LogP contribution < -0.4 is 10.1 Å². The lowest BCUT2D eigenvalue weighted by Gasteiger charge is -2.23. The van der Waals surface area contributed by atoms with Crippen LogP contribution in [0.2, 0.25) is 0 Å². The van der Waals surface area contributed by atoms with Gasteiger partial charge in [-0.25, -0.2) is 9.59 Å². The zero-order valence-electron chi connectivity index (χ0n) is 18.5. The Morgan fingerprint density at radius 3 is 2.20 bits per heavy atom. The van der Waals surface area contributed by atoms with Crippen LogP contribution in [0.1, 0.15) is 51.5 Å². The van der Waals surface area contributed by atoms with Crippen molar-refractivity contribution in [2.75, 3.05) is 26.5 Å². The van der Waals surface area contributed by atoms with Gasteiger partial charge in [-0.15, -0.1) is 11.8 Å². The van der Waals surface area contributed by atoms with Gasteiger partial charge < -0.3 is 25.4 Å². The first-order chi connectivity index (χ1) is 14.2. The molecule has 0 saturated carbocycles. The van der Waals surface area contributed by atoms with Crippen LogP contribution in [-0.2, 0) is 9.59 Å². The van der Waals surface area contributed by atoms with Gasteiger partial charge in [0.05, 0.1) is 12.0 Å². The summed E-state index contributed by atoms with van der Waals surface area (Å²) < 4.78 is 5.55. The summed E-state index contributed by atoms with van der Waals surface area (Å²) in [5.74, 6) is 0.528. The molecule has 0 spiro atoms. The molecule has 170 valence electrons. The summed E-state index contributed by atoms with van der Waals surface area (Å²) >= 11 is 1.77. The smallest absolute Gasteiger partial charge is 0.328 e. The summed E-state index contributed by atoms with van der Waals surface area (Å²) in [5.41, 5.74) is 0.971. The molecule has 1 aromatic rings. The molecule has 0 bridgehead atoms. The number of carbonyl (C=O) groups is 2. The Morgan fingerprint density at radius 2 is 1.77 bits per heavy atom. The van der Waals surface area contributed by atoms with Crippen molar-refractivity contribution in [1.82, 2.24) is 5.32 Å². The molecule has 0 radical (unpaired) electrons. The van der Waals surface area contributed by atoms with Gasteiger partial charge in [-0.1, -0.05) is 33.6 Å². The number of unbranched alkanes of at least 4 members (excludes halogenated alkanes) is 2. The molecule has 0 aliphatic rings. The third-order valence-corrected chi connectivity index (χ3v) is 5.44. The van der Waals surface area contributed by atoms with Crippen LogP contribution in [0.25, 0.3) is 0 Å². The van der Waals surface area contributed by atoms with Crippen molar-refractivity contribution in [3.63, 3.8) is 0 Å². The van der Waals surface area contributed by atoms with E-state index in [-0.39, 0.29) is 5.92 Å². The second-order valence-corrected chi connectivity index (χ2v) is 8.17. The molecule has 0 amide bonds. The Kier molecular flexibility index (Phi) is 14.5. The molecule has 0 aliphatic heterocycles. The number of nitrogens with one attached hydrogen (secondary N) is 1. The largest absolute Gasteiger partial charge is 0.508 e. The van der Waals surface area contributed by atoms with Crippen LogP contribution >= 0.6 is 11.8 Å². The average Bonchev–Trinajstić information content (AvgIpc) is 2.68. The van der Waals surface area contributed by atoms with Gasteiger partial charge in [0.2, 0.25) is 0 Å². The third-order valence-electron chi connectivity index (χ3n) is 4.32. The van der Waals surface area contributed by atoms with Crippen molar-refractivity contribution < 1.29 is 29.6 Å². The lowest BCUT2D eigenvalue weighted by atomic mass is 9.87. The predicted octanol–water partition coefficient (Wildman–Crippen LogP) is 4.35. The first kappa shape index (κ1) is 27.8. The van der Waals surface area contributed by atoms with Gasteiger partial charge in [0.1, 0.15) is 11.5 Å². The third kappa shape index (κ3) is 11.1. The zero-order chi connectivity index (χ0) is 23.1. The fourth-order valence-electron chi connectivity index (χ4n) is 2.74. The highest BCUT2D eigenvalue weighted by atomic mass is 32.2. The summed E-state index contributed by atoms with van der Waals surface area (Å²) in [6.45, 7) is 7.42. The van der Waals surface area contributed by atoms with Gasteiger partial charge in [0, 0.05) is 30.2 Å². The van der Waals surface area contributed by atoms with E-state index in [1.54, 1.807) is 18.9 Å². The Hall–Kier alpha value is -2.19. The van der Waals surface area contributed by atoms with E-state index >= 15 is 0 Å². The van der Waals surface area contributed by atoms with E-state index in [0.717, 1.165) is 28.5 Å². The quantitative estimate of drug-likeness (QED) is 0.215. The number of carboxylic acids is 2. The first-order valence-electron chi connectivity index (χ1n) is 10.00. The van der Waals surface area contributed by atoms with Gasteiger partial charge in [-0.05, 0) is 37.3 Å². The van der Waals surface area contributed by atoms with Crippen molar-refractivity contribution in [2.45, 2.75) is 50.8 Å². The van der Waals surface area contributed by atoms with E-state index < -0.39 is 11.9 Å². The molecule has 0 fully saturated rings. The first-order valence-corrected chi connectivity index (χ1v) is 11.0. The summed E-state index contributed by atoms with van der Waals surface area (Å²) in [6.07, 6.45) is 4.78. The predicted molar refractivity (Wildman–Crippen MR) is 121 cm³/mol. The van der Waals surface area contributed by atoms with Crippen molar-refractivity contribution >= 4 is 23.7 Å². The Balaban J connectivity index is 0.000000890. The SMILES string of the molecule is CCCCCSc1cc(O)c(C(CNC)C(C)C)cc1OC.O=C(O)/C=C/C(=O)O. The maximum absolute atomic E-state index is 10.5. The van der Waals surface area contributed by atoms with Crippen LogP contribution in [-0.4, -0.2) is 53.7 Å². The fraction of sp³-hybridized carbons (Fsp3) is 0.545. The average molecular weight is 442 g/mol. The number of carboxylic acid groups (broad SMARTS) is 2. The van der Waals surface area contributed by atoms with Crippen molar-refractivity contribution in [1.29, 1.82) is 0 Å². The Morgan fingerprint density at radius 1 is 1.17 bits per heavy atom. The number of thioether (sulfide) groups is 1. The molecule has 1 aromatic carbocycles. The topological polar surface area (TPSA) is 116 Å². The molecule has 0 saturated heterocycles. The number of rotatable bonds is 12. The second kappa shape index (κ2) is 15.6. The van der Waals surface area contributed by atoms with Crippen LogP contribution in [0, 0.1) is 5.92 Å². The minimum atomic E-state index is -1.26. The number of ether oxygens (including phenoxy) is 1. The highest BCUT2D eigenvalue weighted by Crippen LogP contribution is 2.40. The number of benzene rings is 1. The number of phenols is 1.